The number of hydrogen-bond acceptors (Lipinski definition) is 6. The molecule has 0 aromatic rings. The van der Waals surface area contributed by atoms with Crippen molar-refractivity contribution in [3.05, 3.63) is 0 Å². The zero-order valence-electron chi connectivity index (χ0n) is 14.5. The molecule has 1 saturated carbocycles. The average molecular weight is 340 g/mol. The first-order valence-corrected chi connectivity index (χ1v) is 8.12. The lowest BCUT2D eigenvalue weighted by atomic mass is 9.96. The smallest absolute Gasteiger partial charge is 0.408 e. The molecule has 0 radical (unpaired) electrons. The molecule has 0 spiro atoms. The number of ether oxygens (including phenoxy) is 1. The molecule has 1 saturated heterocycles. The Labute approximate surface area is 140 Å². The summed E-state index contributed by atoms with van der Waals surface area (Å²) in [5.74, 6) is -1.71. The molecule has 0 aromatic heterocycles. The van der Waals surface area contributed by atoms with Crippen LogP contribution in [0.3, 0.4) is 0 Å². The standard InChI is InChI=1S/C16H24N2O6/c1-10-7-8-16(9-10,17-14(22)23-15(2,3)4)13(21)24-18-11(19)5-6-12(18)20/h10H,5-9H2,1-4H3,(H,17,22). The average Bonchev–Trinajstić information content (AvgIpc) is 2.94. The maximum absolute atomic E-state index is 12.6. The summed E-state index contributed by atoms with van der Waals surface area (Å²) in [6.45, 7) is 7.11. The largest absolute Gasteiger partial charge is 0.444 e. The Bertz CT molecular complexity index is 551. The van der Waals surface area contributed by atoms with E-state index >= 15 is 0 Å². The van der Waals surface area contributed by atoms with Gasteiger partial charge in [-0.25, -0.2) is 9.59 Å². The van der Waals surface area contributed by atoms with E-state index in [0.717, 1.165) is 0 Å². The van der Waals surface area contributed by atoms with Crippen molar-refractivity contribution >= 4 is 23.9 Å². The van der Waals surface area contributed by atoms with Gasteiger partial charge < -0.3 is 14.9 Å². The van der Waals surface area contributed by atoms with E-state index in [-0.39, 0.29) is 18.8 Å². The lowest BCUT2D eigenvalue weighted by Gasteiger charge is -2.30. The molecule has 1 N–H and O–H groups in total. The number of hydrogen-bond donors (Lipinski definition) is 1. The second-order valence-electron chi connectivity index (χ2n) is 7.52. The van der Waals surface area contributed by atoms with Crippen LogP contribution in [0.15, 0.2) is 0 Å². The van der Waals surface area contributed by atoms with E-state index in [4.69, 9.17) is 9.57 Å². The zero-order valence-corrected chi connectivity index (χ0v) is 14.5. The van der Waals surface area contributed by atoms with Crippen LogP contribution in [0.4, 0.5) is 4.79 Å². The second-order valence-corrected chi connectivity index (χ2v) is 7.52. The number of rotatable bonds is 3. The summed E-state index contributed by atoms with van der Waals surface area (Å²) < 4.78 is 5.22. The summed E-state index contributed by atoms with van der Waals surface area (Å²) in [6, 6.07) is 0. The summed E-state index contributed by atoms with van der Waals surface area (Å²) in [5.41, 5.74) is -1.99. The van der Waals surface area contributed by atoms with Gasteiger partial charge in [-0.3, -0.25) is 9.59 Å². The van der Waals surface area contributed by atoms with Crippen LogP contribution in [0.2, 0.25) is 0 Å². The van der Waals surface area contributed by atoms with Crippen LogP contribution in [-0.4, -0.2) is 40.1 Å². The van der Waals surface area contributed by atoms with Gasteiger partial charge in [0.2, 0.25) is 0 Å². The fourth-order valence-electron chi connectivity index (χ4n) is 2.97. The van der Waals surface area contributed by atoms with Gasteiger partial charge in [0.1, 0.15) is 11.1 Å². The van der Waals surface area contributed by atoms with E-state index < -0.39 is 35.0 Å². The van der Waals surface area contributed by atoms with E-state index in [1.165, 1.54) is 0 Å². The van der Waals surface area contributed by atoms with Gasteiger partial charge in [-0.05, 0) is 46.0 Å². The van der Waals surface area contributed by atoms with Gasteiger partial charge in [0.25, 0.3) is 11.8 Å². The molecule has 8 nitrogen and oxygen atoms in total. The molecule has 24 heavy (non-hydrogen) atoms. The normalized spacial score (nSPS) is 27.3. The Morgan fingerprint density at radius 1 is 1.21 bits per heavy atom. The quantitative estimate of drug-likeness (QED) is 0.784. The van der Waals surface area contributed by atoms with E-state index in [1.54, 1.807) is 20.8 Å². The van der Waals surface area contributed by atoms with Gasteiger partial charge in [-0.1, -0.05) is 6.92 Å². The van der Waals surface area contributed by atoms with E-state index in [9.17, 15) is 19.2 Å². The first kappa shape index (κ1) is 18.2. The number of carbonyl (C=O) groups excluding carboxylic acids is 4. The SMILES string of the molecule is CC1CCC(NC(=O)OC(C)(C)C)(C(=O)ON2C(=O)CCC2=O)C1. The topological polar surface area (TPSA) is 102 Å². The van der Waals surface area contributed by atoms with Crippen LogP contribution < -0.4 is 5.32 Å². The molecule has 3 amide bonds. The molecule has 2 fully saturated rings. The van der Waals surface area contributed by atoms with Crippen molar-refractivity contribution in [3.63, 3.8) is 0 Å². The summed E-state index contributed by atoms with van der Waals surface area (Å²) >= 11 is 0. The zero-order chi connectivity index (χ0) is 18.1. The Morgan fingerprint density at radius 3 is 2.25 bits per heavy atom. The monoisotopic (exact) mass is 340 g/mol. The van der Waals surface area contributed by atoms with Gasteiger partial charge in [-0.2, -0.15) is 0 Å². The highest BCUT2D eigenvalue weighted by molar-refractivity contribution is 6.02. The third kappa shape index (κ3) is 4.04. The molecule has 2 unspecified atom stereocenters. The van der Waals surface area contributed by atoms with Gasteiger partial charge in [0, 0.05) is 12.8 Å². The molecule has 1 aliphatic carbocycles. The molecule has 8 heteroatoms. The van der Waals surface area contributed by atoms with Crippen molar-refractivity contribution in [2.75, 3.05) is 0 Å². The lowest BCUT2D eigenvalue weighted by molar-refractivity contribution is -0.202. The molecule has 0 aromatic carbocycles. The van der Waals surface area contributed by atoms with Gasteiger partial charge in [0.05, 0.1) is 0 Å². The van der Waals surface area contributed by atoms with E-state index in [0.29, 0.717) is 24.3 Å². The Hall–Kier alpha value is -2.12. The van der Waals surface area contributed by atoms with Crippen molar-refractivity contribution in [3.8, 4) is 0 Å². The molecule has 1 heterocycles. The lowest BCUT2D eigenvalue weighted by Crippen LogP contribution is -2.56. The first-order chi connectivity index (χ1) is 11.0. The van der Waals surface area contributed by atoms with Gasteiger partial charge in [0.15, 0.2) is 0 Å². The van der Waals surface area contributed by atoms with E-state index in [2.05, 4.69) is 5.32 Å². The number of hydroxylamine groups is 2. The predicted molar refractivity (Wildman–Crippen MR) is 82.3 cm³/mol. The number of imide groups is 1. The van der Waals surface area contributed by atoms with Crippen LogP contribution in [0.25, 0.3) is 0 Å². The van der Waals surface area contributed by atoms with Crippen LogP contribution in [0.5, 0.6) is 0 Å². The van der Waals surface area contributed by atoms with Gasteiger partial charge >= 0.3 is 12.1 Å². The van der Waals surface area contributed by atoms with Crippen molar-refractivity contribution in [2.24, 2.45) is 5.92 Å². The van der Waals surface area contributed by atoms with Gasteiger partial charge in [-0.15, -0.1) is 5.06 Å². The van der Waals surface area contributed by atoms with Crippen LogP contribution >= 0.6 is 0 Å². The Kier molecular flexibility index (Phi) is 4.87. The number of nitrogens with one attached hydrogen (secondary N) is 1. The minimum atomic E-state index is -1.29. The Balaban J connectivity index is 2.12. The second kappa shape index (κ2) is 6.41. The minimum Gasteiger partial charge on any atom is -0.444 e. The molecule has 2 rings (SSSR count). The fourth-order valence-corrected chi connectivity index (χ4v) is 2.97. The van der Waals surface area contributed by atoms with Crippen molar-refractivity contribution < 1.29 is 28.8 Å². The third-order valence-corrected chi connectivity index (χ3v) is 4.07. The molecule has 0 bridgehead atoms. The molecule has 1 aliphatic heterocycles. The highest BCUT2D eigenvalue weighted by Crippen LogP contribution is 2.36. The maximum atomic E-state index is 12.6. The van der Waals surface area contributed by atoms with Crippen molar-refractivity contribution in [1.82, 2.24) is 10.4 Å². The summed E-state index contributed by atoms with van der Waals surface area (Å²) in [7, 11) is 0. The maximum Gasteiger partial charge on any atom is 0.408 e. The van der Waals surface area contributed by atoms with Crippen molar-refractivity contribution in [1.29, 1.82) is 0 Å². The molecule has 134 valence electrons. The van der Waals surface area contributed by atoms with E-state index in [1.807, 2.05) is 6.92 Å². The van der Waals surface area contributed by atoms with Crippen LogP contribution in [-0.2, 0) is 24.0 Å². The Morgan fingerprint density at radius 2 is 1.79 bits per heavy atom. The molecular weight excluding hydrogens is 316 g/mol. The summed E-state index contributed by atoms with van der Waals surface area (Å²) in [4.78, 5) is 53.0. The number of carbonyl (C=O) groups is 4. The molecule has 2 aliphatic rings. The third-order valence-electron chi connectivity index (χ3n) is 4.07. The number of alkyl carbamates (subject to hydrolysis) is 1. The highest BCUT2D eigenvalue weighted by Gasteiger charge is 2.49. The van der Waals surface area contributed by atoms with Crippen LogP contribution in [0, 0.1) is 5.92 Å². The predicted octanol–water partition coefficient (Wildman–Crippen LogP) is 1.68. The minimum absolute atomic E-state index is 0.0228. The fraction of sp³-hybridized carbons (Fsp3) is 0.750. The number of nitrogens with zero attached hydrogens (tertiary/aromatic N) is 1. The first-order valence-electron chi connectivity index (χ1n) is 8.12. The molecular formula is C16H24N2O6. The highest BCUT2D eigenvalue weighted by atomic mass is 16.7. The van der Waals surface area contributed by atoms with Crippen LogP contribution in [0.1, 0.15) is 59.8 Å². The van der Waals surface area contributed by atoms with Crippen molar-refractivity contribution in [2.45, 2.75) is 70.9 Å². The summed E-state index contributed by atoms with van der Waals surface area (Å²) in [6.07, 6.45) is 0.758. The summed E-state index contributed by atoms with van der Waals surface area (Å²) in [5, 5.41) is 3.10. The number of amides is 3. The molecule has 2 atom stereocenters.